The number of aromatic nitrogens is 2. The zero-order chi connectivity index (χ0) is 12.3. The molecule has 1 aromatic heterocycles. The molecule has 88 valence electrons. The van der Waals surface area contributed by atoms with Crippen LogP contribution in [-0.2, 0) is 11.3 Å². The van der Waals surface area contributed by atoms with E-state index in [0.717, 1.165) is 6.07 Å². The molecule has 0 radical (unpaired) electrons. The molecule has 0 aliphatic heterocycles. The van der Waals surface area contributed by atoms with Crippen molar-refractivity contribution in [3.05, 3.63) is 48.6 Å². The van der Waals surface area contributed by atoms with E-state index < -0.39 is 17.5 Å². The van der Waals surface area contributed by atoms with Crippen LogP contribution in [-0.4, -0.2) is 15.5 Å². The Morgan fingerprint density at radius 1 is 1.41 bits per heavy atom. The lowest BCUT2D eigenvalue weighted by molar-refractivity contribution is -0.116. The Labute approximate surface area is 95.9 Å². The van der Waals surface area contributed by atoms with Gasteiger partial charge in [-0.25, -0.2) is 13.8 Å². The van der Waals surface area contributed by atoms with E-state index in [2.05, 4.69) is 10.3 Å². The largest absolute Gasteiger partial charge is 0.328 e. The van der Waals surface area contributed by atoms with E-state index >= 15 is 0 Å². The number of carbonyl (C=O) groups excluding carboxylic acids is 1. The van der Waals surface area contributed by atoms with E-state index in [1.54, 1.807) is 6.20 Å². The first-order chi connectivity index (χ1) is 8.15. The molecule has 0 fully saturated rings. The van der Waals surface area contributed by atoms with Crippen LogP contribution in [0.1, 0.15) is 0 Å². The van der Waals surface area contributed by atoms with E-state index in [4.69, 9.17) is 0 Å². The smallest absolute Gasteiger partial charge is 0.244 e. The summed E-state index contributed by atoms with van der Waals surface area (Å²) >= 11 is 0. The van der Waals surface area contributed by atoms with Crippen molar-refractivity contribution in [2.24, 2.45) is 0 Å². The van der Waals surface area contributed by atoms with Crippen molar-refractivity contribution in [3.63, 3.8) is 0 Å². The van der Waals surface area contributed by atoms with Crippen molar-refractivity contribution in [1.82, 2.24) is 9.55 Å². The second kappa shape index (κ2) is 4.73. The summed E-state index contributed by atoms with van der Waals surface area (Å²) in [7, 11) is 0. The molecule has 0 bridgehead atoms. The molecule has 2 rings (SSSR count). The maximum Gasteiger partial charge on any atom is 0.244 e. The van der Waals surface area contributed by atoms with Gasteiger partial charge in [-0.05, 0) is 12.1 Å². The number of imidazole rings is 1. The number of hydrogen-bond donors (Lipinski definition) is 1. The molecule has 17 heavy (non-hydrogen) atoms. The Hall–Kier alpha value is -2.24. The van der Waals surface area contributed by atoms with Gasteiger partial charge in [0.05, 0.1) is 12.0 Å². The maximum absolute atomic E-state index is 13.2. The van der Waals surface area contributed by atoms with Crippen LogP contribution < -0.4 is 5.32 Å². The maximum atomic E-state index is 13.2. The predicted molar refractivity (Wildman–Crippen MR) is 57.2 cm³/mol. The van der Waals surface area contributed by atoms with Gasteiger partial charge in [0, 0.05) is 18.5 Å². The quantitative estimate of drug-likeness (QED) is 0.884. The molecule has 1 N–H and O–H groups in total. The Kier molecular flexibility index (Phi) is 3.13. The summed E-state index contributed by atoms with van der Waals surface area (Å²) in [6.45, 7) is 0.0246. The molecular weight excluding hydrogens is 228 g/mol. The van der Waals surface area contributed by atoms with Crippen molar-refractivity contribution in [2.45, 2.75) is 6.54 Å². The highest BCUT2D eigenvalue weighted by Crippen LogP contribution is 2.14. The molecule has 2 aromatic rings. The molecule has 0 saturated heterocycles. The molecule has 4 nitrogen and oxygen atoms in total. The second-order valence-electron chi connectivity index (χ2n) is 3.41. The molecule has 0 atom stereocenters. The van der Waals surface area contributed by atoms with Crippen molar-refractivity contribution in [3.8, 4) is 0 Å². The third kappa shape index (κ3) is 2.87. The Morgan fingerprint density at radius 2 is 2.24 bits per heavy atom. The Morgan fingerprint density at radius 3 is 2.88 bits per heavy atom. The zero-order valence-corrected chi connectivity index (χ0v) is 8.73. The third-order valence-corrected chi connectivity index (χ3v) is 2.09. The van der Waals surface area contributed by atoms with Gasteiger partial charge in [-0.1, -0.05) is 0 Å². The number of benzene rings is 1. The van der Waals surface area contributed by atoms with Gasteiger partial charge >= 0.3 is 0 Å². The van der Waals surface area contributed by atoms with Gasteiger partial charge in [-0.2, -0.15) is 0 Å². The fraction of sp³-hybridized carbons (Fsp3) is 0.0909. The molecule has 0 saturated carbocycles. The van der Waals surface area contributed by atoms with Crippen LogP contribution in [0, 0.1) is 11.6 Å². The van der Waals surface area contributed by atoms with Crippen LogP contribution in [0.3, 0.4) is 0 Å². The van der Waals surface area contributed by atoms with Gasteiger partial charge in [0.2, 0.25) is 5.91 Å². The first-order valence-corrected chi connectivity index (χ1v) is 4.86. The lowest BCUT2D eigenvalue weighted by Gasteiger charge is -2.06. The number of hydrogen-bond acceptors (Lipinski definition) is 2. The Bertz CT molecular complexity index is 526. The summed E-state index contributed by atoms with van der Waals surface area (Å²) in [5.74, 6) is -1.90. The van der Waals surface area contributed by atoms with Gasteiger partial charge < -0.3 is 9.88 Å². The summed E-state index contributed by atoms with van der Waals surface area (Å²) < 4.78 is 27.4. The molecule has 0 aliphatic rings. The summed E-state index contributed by atoms with van der Waals surface area (Å²) in [5, 5.41) is 2.35. The van der Waals surface area contributed by atoms with Crippen LogP contribution in [0.2, 0.25) is 0 Å². The Balaban J connectivity index is 2.03. The predicted octanol–water partition coefficient (Wildman–Crippen LogP) is 1.80. The number of amides is 1. The van der Waals surface area contributed by atoms with Crippen molar-refractivity contribution in [1.29, 1.82) is 0 Å². The molecule has 6 heteroatoms. The van der Waals surface area contributed by atoms with E-state index in [0.29, 0.717) is 6.07 Å². The number of nitrogens with one attached hydrogen (secondary N) is 1. The van der Waals surface area contributed by atoms with E-state index in [9.17, 15) is 13.6 Å². The van der Waals surface area contributed by atoms with Gasteiger partial charge in [-0.15, -0.1) is 0 Å². The zero-order valence-electron chi connectivity index (χ0n) is 8.73. The topological polar surface area (TPSA) is 46.9 Å². The highest BCUT2D eigenvalue weighted by atomic mass is 19.1. The average molecular weight is 237 g/mol. The minimum atomic E-state index is -0.802. The molecule has 1 aromatic carbocycles. The number of anilines is 1. The number of nitrogens with zero attached hydrogens (tertiary/aromatic N) is 2. The van der Waals surface area contributed by atoms with Crippen molar-refractivity contribution >= 4 is 11.6 Å². The summed E-state index contributed by atoms with van der Waals surface area (Å²) in [6, 6.07) is 2.97. The van der Waals surface area contributed by atoms with Gasteiger partial charge in [0.15, 0.2) is 0 Å². The van der Waals surface area contributed by atoms with Crippen LogP contribution in [0.4, 0.5) is 14.5 Å². The monoisotopic (exact) mass is 237 g/mol. The third-order valence-electron chi connectivity index (χ3n) is 2.09. The van der Waals surface area contributed by atoms with Gasteiger partial charge in [-0.3, -0.25) is 4.79 Å². The van der Waals surface area contributed by atoms with Gasteiger partial charge in [0.25, 0.3) is 0 Å². The fourth-order valence-corrected chi connectivity index (χ4v) is 1.33. The van der Waals surface area contributed by atoms with Crippen LogP contribution >= 0.6 is 0 Å². The fourth-order valence-electron chi connectivity index (χ4n) is 1.33. The SMILES string of the molecule is O=C(Cn1ccnc1)Nc1ccc(F)cc1F. The lowest BCUT2D eigenvalue weighted by Crippen LogP contribution is -2.18. The molecule has 0 spiro atoms. The molecular formula is C11H9F2N3O. The summed E-state index contributed by atoms with van der Waals surface area (Å²) in [4.78, 5) is 15.3. The minimum absolute atomic E-state index is 0.0246. The average Bonchev–Trinajstić information content (AvgIpc) is 2.75. The van der Waals surface area contributed by atoms with E-state index in [-0.39, 0.29) is 12.2 Å². The van der Waals surface area contributed by atoms with Crippen LogP contribution in [0.25, 0.3) is 0 Å². The van der Waals surface area contributed by atoms with Gasteiger partial charge in [0.1, 0.15) is 18.2 Å². The van der Waals surface area contributed by atoms with Crippen molar-refractivity contribution < 1.29 is 13.6 Å². The minimum Gasteiger partial charge on any atom is -0.328 e. The summed E-state index contributed by atoms with van der Waals surface area (Å²) in [6.07, 6.45) is 4.62. The number of carbonyl (C=O) groups is 1. The van der Waals surface area contributed by atoms with Crippen molar-refractivity contribution in [2.75, 3.05) is 5.32 Å². The van der Waals surface area contributed by atoms with Crippen LogP contribution in [0.15, 0.2) is 36.9 Å². The number of halogens is 2. The highest BCUT2D eigenvalue weighted by Gasteiger charge is 2.08. The molecule has 1 amide bonds. The first kappa shape index (κ1) is 11.3. The number of rotatable bonds is 3. The first-order valence-electron chi connectivity index (χ1n) is 4.86. The van der Waals surface area contributed by atoms with E-state index in [1.807, 2.05) is 0 Å². The van der Waals surface area contributed by atoms with E-state index in [1.165, 1.54) is 23.2 Å². The lowest BCUT2D eigenvalue weighted by atomic mass is 10.3. The normalized spacial score (nSPS) is 10.2. The highest BCUT2D eigenvalue weighted by molar-refractivity contribution is 5.90. The molecule has 1 heterocycles. The standard InChI is InChI=1S/C11H9F2N3O/c12-8-1-2-10(9(13)5-8)15-11(17)6-16-4-3-14-7-16/h1-5,7H,6H2,(H,15,17). The molecule has 0 unspecified atom stereocenters. The summed E-state index contributed by atoms with van der Waals surface area (Å²) in [5.41, 5.74) is -0.0449. The van der Waals surface area contributed by atoms with Crippen LogP contribution in [0.5, 0.6) is 0 Å². The second-order valence-corrected chi connectivity index (χ2v) is 3.41. The molecule has 0 aliphatic carbocycles.